The molecule has 1 amide bonds. The van der Waals surface area contributed by atoms with Crippen molar-refractivity contribution in [2.24, 2.45) is 0 Å². The van der Waals surface area contributed by atoms with Gasteiger partial charge in [-0.2, -0.15) is 4.68 Å². The molecule has 0 bridgehead atoms. The molecule has 150 valence electrons. The monoisotopic (exact) mass is 415 g/mol. The number of hydrogen-bond donors (Lipinski definition) is 1. The van der Waals surface area contributed by atoms with E-state index in [1.165, 1.54) is 22.9 Å². The fourth-order valence-corrected chi connectivity index (χ4v) is 2.81. The molecule has 0 saturated carbocycles. The average molecular weight is 416 g/mol. The van der Waals surface area contributed by atoms with Gasteiger partial charge in [-0.15, -0.1) is 5.10 Å². The summed E-state index contributed by atoms with van der Waals surface area (Å²) in [5.41, 5.74) is 1.33. The zero-order valence-corrected chi connectivity index (χ0v) is 16.6. The van der Waals surface area contributed by atoms with E-state index in [1.807, 2.05) is 6.92 Å². The van der Waals surface area contributed by atoms with E-state index in [0.29, 0.717) is 16.3 Å². The van der Waals surface area contributed by atoms with Crippen molar-refractivity contribution in [3.63, 3.8) is 0 Å². The number of aryl methyl sites for hydroxylation is 1. The molecule has 3 rings (SSSR count). The highest BCUT2D eigenvalue weighted by Crippen LogP contribution is 2.18. The summed E-state index contributed by atoms with van der Waals surface area (Å²) in [7, 11) is 0. The first kappa shape index (κ1) is 20.5. The standard InChI is InChI=1S/C21H19ClFN3O3/c1-13-7-8-16(22)11-18(13)26-20(27)10-9-19(25-26)29-14(2)21(28)24-12-15-5-3-4-6-17(15)23/h3-11,14H,12H2,1-2H3,(H,24,28)/t14-/m0/s1. The molecule has 1 aromatic heterocycles. The summed E-state index contributed by atoms with van der Waals surface area (Å²) in [4.78, 5) is 24.5. The lowest BCUT2D eigenvalue weighted by molar-refractivity contribution is -0.127. The number of benzene rings is 2. The van der Waals surface area contributed by atoms with E-state index in [4.69, 9.17) is 16.3 Å². The summed E-state index contributed by atoms with van der Waals surface area (Å²) in [5.74, 6) is -0.740. The lowest BCUT2D eigenvalue weighted by Gasteiger charge is -2.15. The second kappa shape index (κ2) is 8.87. The molecule has 29 heavy (non-hydrogen) atoms. The van der Waals surface area contributed by atoms with Crippen LogP contribution in [-0.4, -0.2) is 21.8 Å². The summed E-state index contributed by atoms with van der Waals surface area (Å²) in [5, 5.41) is 7.26. The second-order valence-electron chi connectivity index (χ2n) is 6.42. The largest absolute Gasteiger partial charge is 0.464 e. The van der Waals surface area contributed by atoms with Crippen LogP contribution in [0.2, 0.25) is 5.02 Å². The Morgan fingerprint density at radius 3 is 2.76 bits per heavy atom. The number of nitrogens with zero attached hydrogens (tertiary/aromatic N) is 2. The van der Waals surface area contributed by atoms with Crippen molar-refractivity contribution in [3.8, 4) is 11.6 Å². The topological polar surface area (TPSA) is 73.2 Å². The molecule has 0 saturated heterocycles. The second-order valence-corrected chi connectivity index (χ2v) is 6.86. The van der Waals surface area contributed by atoms with Crippen LogP contribution >= 0.6 is 11.6 Å². The van der Waals surface area contributed by atoms with Gasteiger partial charge in [0, 0.05) is 29.3 Å². The lowest BCUT2D eigenvalue weighted by atomic mass is 10.2. The first-order valence-corrected chi connectivity index (χ1v) is 9.27. The normalized spacial score (nSPS) is 11.7. The molecule has 8 heteroatoms. The number of ether oxygens (including phenoxy) is 1. The highest BCUT2D eigenvalue weighted by Gasteiger charge is 2.17. The van der Waals surface area contributed by atoms with Gasteiger partial charge in [-0.3, -0.25) is 9.59 Å². The first-order chi connectivity index (χ1) is 13.8. The molecule has 0 unspecified atom stereocenters. The average Bonchev–Trinajstić information content (AvgIpc) is 2.70. The van der Waals surface area contributed by atoms with Crippen LogP contribution in [0, 0.1) is 12.7 Å². The van der Waals surface area contributed by atoms with Crippen LogP contribution in [0.25, 0.3) is 5.69 Å². The molecule has 0 fully saturated rings. The summed E-state index contributed by atoms with van der Waals surface area (Å²) in [6.45, 7) is 3.40. The van der Waals surface area contributed by atoms with E-state index in [0.717, 1.165) is 5.56 Å². The third-order valence-electron chi connectivity index (χ3n) is 4.25. The molecule has 1 N–H and O–H groups in total. The molecule has 0 aliphatic carbocycles. The molecule has 0 aliphatic rings. The zero-order valence-electron chi connectivity index (χ0n) is 15.9. The van der Waals surface area contributed by atoms with Crippen molar-refractivity contribution in [2.75, 3.05) is 0 Å². The molecule has 6 nitrogen and oxygen atoms in total. The van der Waals surface area contributed by atoms with Crippen molar-refractivity contribution in [2.45, 2.75) is 26.5 Å². The maximum atomic E-state index is 13.7. The number of carbonyl (C=O) groups is 1. The minimum Gasteiger partial charge on any atom is -0.464 e. The Bertz CT molecular complexity index is 1100. The highest BCUT2D eigenvalue weighted by atomic mass is 35.5. The van der Waals surface area contributed by atoms with Crippen LogP contribution in [0.5, 0.6) is 5.88 Å². The molecule has 1 heterocycles. The van der Waals surface area contributed by atoms with Crippen LogP contribution in [0.4, 0.5) is 4.39 Å². The van der Waals surface area contributed by atoms with Gasteiger partial charge in [-0.05, 0) is 37.6 Å². The molecule has 3 aromatic rings. The fourth-order valence-electron chi connectivity index (χ4n) is 2.64. The fraction of sp³-hybridized carbons (Fsp3) is 0.190. The molecular weight excluding hydrogens is 397 g/mol. The van der Waals surface area contributed by atoms with Gasteiger partial charge >= 0.3 is 0 Å². The van der Waals surface area contributed by atoms with Crippen molar-refractivity contribution < 1.29 is 13.9 Å². The maximum absolute atomic E-state index is 13.7. The third kappa shape index (κ3) is 5.00. The summed E-state index contributed by atoms with van der Waals surface area (Å²) in [6.07, 6.45) is -0.902. The van der Waals surface area contributed by atoms with Gasteiger partial charge in [0.25, 0.3) is 11.5 Å². The smallest absolute Gasteiger partial charge is 0.271 e. The van der Waals surface area contributed by atoms with Crippen LogP contribution < -0.4 is 15.6 Å². The van der Waals surface area contributed by atoms with Gasteiger partial charge in [-0.1, -0.05) is 35.9 Å². The third-order valence-corrected chi connectivity index (χ3v) is 4.49. The zero-order chi connectivity index (χ0) is 21.0. The van der Waals surface area contributed by atoms with Gasteiger partial charge in [0.2, 0.25) is 5.88 Å². The number of hydrogen-bond acceptors (Lipinski definition) is 4. The van der Waals surface area contributed by atoms with E-state index in [-0.39, 0.29) is 18.0 Å². The number of halogens is 2. The molecule has 0 aliphatic heterocycles. The summed E-state index contributed by atoms with van der Waals surface area (Å²) >= 11 is 6.03. The number of nitrogens with one attached hydrogen (secondary N) is 1. The van der Waals surface area contributed by atoms with Crippen molar-refractivity contribution in [1.82, 2.24) is 15.1 Å². The number of amides is 1. The molecule has 0 spiro atoms. The first-order valence-electron chi connectivity index (χ1n) is 8.90. The number of carbonyl (C=O) groups excluding carboxylic acids is 1. The Balaban J connectivity index is 1.73. The van der Waals surface area contributed by atoms with Gasteiger partial charge < -0.3 is 10.1 Å². The predicted octanol–water partition coefficient (Wildman–Crippen LogP) is 3.42. The molecule has 2 aromatic carbocycles. The van der Waals surface area contributed by atoms with Crippen LogP contribution in [0.3, 0.4) is 0 Å². The van der Waals surface area contributed by atoms with Crippen molar-refractivity contribution >= 4 is 17.5 Å². The quantitative estimate of drug-likeness (QED) is 0.669. The SMILES string of the molecule is Cc1ccc(Cl)cc1-n1nc(O[C@@H](C)C(=O)NCc2ccccc2F)ccc1=O. The maximum Gasteiger partial charge on any atom is 0.271 e. The highest BCUT2D eigenvalue weighted by molar-refractivity contribution is 6.30. The van der Waals surface area contributed by atoms with Gasteiger partial charge in [0.05, 0.1) is 5.69 Å². The Hall–Kier alpha value is -3.19. The Morgan fingerprint density at radius 1 is 1.24 bits per heavy atom. The van der Waals surface area contributed by atoms with E-state index in [1.54, 1.807) is 43.3 Å². The number of aromatic nitrogens is 2. The van der Waals surface area contributed by atoms with E-state index in [2.05, 4.69) is 10.4 Å². The Kier molecular flexibility index (Phi) is 6.29. The van der Waals surface area contributed by atoms with Crippen LogP contribution in [-0.2, 0) is 11.3 Å². The predicted molar refractivity (Wildman–Crippen MR) is 108 cm³/mol. The van der Waals surface area contributed by atoms with E-state index >= 15 is 0 Å². The van der Waals surface area contributed by atoms with Gasteiger partial charge in [0.1, 0.15) is 5.82 Å². The Labute approximate surface area is 171 Å². The summed E-state index contributed by atoms with van der Waals surface area (Å²) in [6, 6.07) is 14.0. The summed E-state index contributed by atoms with van der Waals surface area (Å²) < 4.78 is 20.4. The van der Waals surface area contributed by atoms with Gasteiger partial charge in [0.15, 0.2) is 6.10 Å². The Morgan fingerprint density at radius 2 is 2.00 bits per heavy atom. The van der Waals surface area contributed by atoms with E-state index in [9.17, 15) is 14.0 Å². The van der Waals surface area contributed by atoms with Crippen molar-refractivity contribution in [1.29, 1.82) is 0 Å². The minimum absolute atomic E-state index is 0.0356. The van der Waals surface area contributed by atoms with Gasteiger partial charge in [-0.25, -0.2) is 4.39 Å². The van der Waals surface area contributed by atoms with E-state index < -0.39 is 17.8 Å². The minimum atomic E-state index is -0.902. The lowest BCUT2D eigenvalue weighted by Crippen LogP contribution is -2.36. The van der Waals surface area contributed by atoms with Crippen LogP contribution in [0.1, 0.15) is 18.1 Å². The molecular formula is C21H19ClFN3O3. The molecule has 0 radical (unpaired) electrons. The molecule has 1 atom stereocenters. The number of rotatable bonds is 6. The van der Waals surface area contributed by atoms with Crippen LogP contribution in [0.15, 0.2) is 59.4 Å². The van der Waals surface area contributed by atoms with Crippen molar-refractivity contribution in [3.05, 3.63) is 86.9 Å².